The van der Waals surface area contributed by atoms with Crippen LogP contribution >= 0.6 is 0 Å². The fourth-order valence-corrected chi connectivity index (χ4v) is 1.17. The van der Waals surface area contributed by atoms with Crippen molar-refractivity contribution >= 4 is 12.3 Å². The molecule has 0 heterocycles. The van der Waals surface area contributed by atoms with Crippen LogP contribution in [0.3, 0.4) is 0 Å². The molecule has 0 radical (unpaired) electrons. The van der Waals surface area contributed by atoms with E-state index in [9.17, 15) is 9.59 Å². The summed E-state index contributed by atoms with van der Waals surface area (Å²) in [5.74, 6) is -0.393. The average Bonchev–Trinajstić information content (AvgIpc) is 2.34. The van der Waals surface area contributed by atoms with Crippen molar-refractivity contribution in [2.45, 2.75) is 19.3 Å². The lowest BCUT2D eigenvalue weighted by Crippen LogP contribution is -2.21. The number of unbranched alkanes of at least 4 members (excludes halogenated alkanes) is 2. The number of hydroxylamine groups is 1. The molecule has 0 aliphatic heterocycles. The van der Waals surface area contributed by atoms with Gasteiger partial charge in [-0.3, -0.25) is 0 Å². The van der Waals surface area contributed by atoms with Gasteiger partial charge in [0.15, 0.2) is 0 Å². The van der Waals surface area contributed by atoms with E-state index in [4.69, 9.17) is 4.84 Å². The molecule has 0 amide bonds. The van der Waals surface area contributed by atoms with Gasteiger partial charge in [0.2, 0.25) is 0 Å². The third-order valence-corrected chi connectivity index (χ3v) is 2.03. The van der Waals surface area contributed by atoms with Crippen LogP contribution in [-0.2, 0) is 9.63 Å². The predicted octanol–water partition coefficient (Wildman–Crippen LogP) is 1.72. The Bertz CT molecular complexity index is 324. The number of rotatable bonds is 7. The van der Waals surface area contributed by atoms with Gasteiger partial charge in [0, 0.05) is 13.0 Å². The highest BCUT2D eigenvalue weighted by Crippen LogP contribution is 1.99. The Hall–Kier alpha value is -1.68. The number of aldehydes is 1. The molecule has 0 spiro atoms. The van der Waals surface area contributed by atoms with Crippen LogP contribution in [0, 0.1) is 0 Å². The Morgan fingerprint density at radius 2 is 2.00 bits per heavy atom. The first kappa shape index (κ1) is 12.4. The monoisotopic (exact) mass is 221 g/mol. The van der Waals surface area contributed by atoms with Gasteiger partial charge in [-0.05, 0) is 25.0 Å². The standard InChI is InChI=1S/C12H15NO3/c14-10-6-2-5-9-13-16-12(15)11-7-3-1-4-8-11/h1,3-4,7-8,10,13H,2,5-6,9H2. The highest BCUT2D eigenvalue weighted by atomic mass is 16.7. The fourth-order valence-electron chi connectivity index (χ4n) is 1.17. The second kappa shape index (κ2) is 7.59. The molecule has 86 valence electrons. The van der Waals surface area contributed by atoms with Crippen LogP contribution in [0.2, 0.25) is 0 Å². The summed E-state index contributed by atoms with van der Waals surface area (Å²) in [5, 5.41) is 0. The van der Waals surface area contributed by atoms with Gasteiger partial charge in [-0.15, -0.1) is 0 Å². The van der Waals surface area contributed by atoms with E-state index in [-0.39, 0.29) is 0 Å². The van der Waals surface area contributed by atoms with Crippen molar-refractivity contribution in [2.75, 3.05) is 6.54 Å². The fraction of sp³-hybridized carbons (Fsp3) is 0.333. The molecular weight excluding hydrogens is 206 g/mol. The highest BCUT2D eigenvalue weighted by Gasteiger charge is 2.04. The number of hydrogen-bond acceptors (Lipinski definition) is 4. The van der Waals surface area contributed by atoms with Gasteiger partial charge in [0.1, 0.15) is 6.29 Å². The lowest BCUT2D eigenvalue weighted by Gasteiger charge is -2.04. The normalized spacial score (nSPS) is 9.75. The summed E-state index contributed by atoms with van der Waals surface area (Å²) in [6, 6.07) is 8.78. The topological polar surface area (TPSA) is 55.4 Å². The molecule has 1 N–H and O–H groups in total. The van der Waals surface area contributed by atoms with E-state index in [0.29, 0.717) is 18.5 Å². The molecule has 0 unspecified atom stereocenters. The number of hydrogen-bond donors (Lipinski definition) is 1. The minimum atomic E-state index is -0.393. The molecule has 0 aliphatic rings. The van der Waals surface area contributed by atoms with E-state index in [1.165, 1.54) is 0 Å². The average molecular weight is 221 g/mol. The molecule has 16 heavy (non-hydrogen) atoms. The first-order valence-electron chi connectivity index (χ1n) is 5.27. The van der Waals surface area contributed by atoms with E-state index < -0.39 is 5.97 Å². The Morgan fingerprint density at radius 3 is 2.69 bits per heavy atom. The summed E-state index contributed by atoms with van der Waals surface area (Å²) in [5.41, 5.74) is 3.09. The van der Waals surface area contributed by atoms with E-state index in [1.807, 2.05) is 6.07 Å². The Balaban J connectivity index is 2.14. The van der Waals surface area contributed by atoms with Crippen molar-refractivity contribution in [1.82, 2.24) is 5.48 Å². The smallest absolute Gasteiger partial charge is 0.356 e. The number of carbonyl (C=O) groups excluding carboxylic acids is 2. The minimum Gasteiger partial charge on any atom is -0.367 e. The van der Waals surface area contributed by atoms with E-state index in [1.54, 1.807) is 24.3 Å². The summed E-state index contributed by atoms with van der Waals surface area (Å²) in [4.78, 5) is 26.2. The van der Waals surface area contributed by atoms with Crippen molar-refractivity contribution in [2.24, 2.45) is 0 Å². The maximum absolute atomic E-state index is 11.4. The second-order valence-corrected chi connectivity index (χ2v) is 3.31. The van der Waals surface area contributed by atoms with Crippen LogP contribution in [0.1, 0.15) is 29.6 Å². The summed E-state index contributed by atoms with van der Waals surface area (Å²) >= 11 is 0. The van der Waals surface area contributed by atoms with Gasteiger partial charge in [-0.25, -0.2) is 4.79 Å². The van der Waals surface area contributed by atoms with Crippen molar-refractivity contribution in [3.05, 3.63) is 35.9 Å². The largest absolute Gasteiger partial charge is 0.367 e. The summed E-state index contributed by atoms with van der Waals surface area (Å²) in [7, 11) is 0. The molecule has 0 aliphatic carbocycles. The zero-order valence-electron chi connectivity index (χ0n) is 9.02. The van der Waals surface area contributed by atoms with Crippen LogP contribution in [-0.4, -0.2) is 18.8 Å². The Kier molecular flexibility index (Phi) is 5.88. The van der Waals surface area contributed by atoms with E-state index in [2.05, 4.69) is 5.48 Å². The number of benzene rings is 1. The second-order valence-electron chi connectivity index (χ2n) is 3.31. The molecule has 0 fully saturated rings. The highest BCUT2D eigenvalue weighted by molar-refractivity contribution is 5.89. The Morgan fingerprint density at radius 1 is 1.25 bits per heavy atom. The van der Waals surface area contributed by atoms with Gasteiger partial charge < -0.3 is 9.63 Å². The summed E-state index contributed by atoms with van der Waals surface area (Å²) in [6.07, 6.45) is 3.05. The molecule has 0 aromatic heterocycles. The summed E-state index contributed by atoms with van der Waals surface area (Å²) in [6.45, 7) is 0.562. The molecule has 1 aromatic rings. The molecule has 0 saturated heterocycles. The third-order valence-electron chi connectivity index (χ3n) is 2.03. The van der Waals surface area contributed by atoms with E-state index in [0.717, 1.165) is 19.1 Å². The Labute approximate surface area is 94.6 Å². The van der Waals surface area contributed by atoms with Gasteiger partial charge in [0.05, 0.1) is 5.56 Å². The molecule has 0 saturated carbocycles. The van der Waals surface area contributed by atoms with E-state index >= 15 is 0 Å². The maximum atomic E-state index is 11.4. The van der Waals surface area contributed by atoms with Crippen molar-refractivity contribution in [3.63, 3.8) is 0 Å². The molecule has 1 rings (SSSR count). The maximum Gasteiger partial charge on any atom is 0.356 e. The zero-order valence-corrected chi connectivity index (χ0v) is 9.02. The van der Waals surface area contributed by atoms with Crippen molar-refractivity contribution in [3.8, 4) is 0 Å². The quantitative estimate of drug-likeness (QED) is 0.432. The van der Waals surface area contributed by atoms with Gasteiger partial charge in [-0.1, -0.05) is 18.2 Å². The van der Waals surface area contributed by atoms with Gasteiger partial charge in [-0.2, -0.15) is 5.48 Å². The lowest BCUT2D eigenvalue weighted by atomic mass is 10.2. The van der Waals surface area contributed by atoms with Crippen LogP contribution in [0.25, 0.3) is 0 Å². The molecule has 4 nitrogen and oxygen atoms in total. The minimum absolute atomic E-state index is 0.393. The van der Waals surface area contributed by atoms with Crippen molar-refractivity contribution in [1.29, 1.82) is 0 Å². The lowest BCUT2D eigenvalue weighted by molar-refractivity contribution is -0.107. The predicted molar refractivity (Wildman–Crippen MR) is 59.8 cm³/mol. The van der Waals surface area contributed by atoms with Gasteiger partial charge >= 0.3 is 5.97 Å². The number of nitrogens with one attached hydrogen (secondary N) is 1. The van der Waals surface area contributed by atoms with Crippen molar-refractivity contribution < 1.29 is 14.4 Å². The van der Waals surface area contributed by atoms with Gasteiger partial charge in [0.25, 0.3) is 0 Å². The molecule has 0 bridgehead atoms. The molecular formula is C12H15NO3. The first-order chi connectivity index (χ1) is 7.84. The SMILES string of the molecule is O=CCCCCNOC(=O)c1ccccc1. The number of carbonyl (C=O) groups is 2. The third kappa shape index (κ3) is 4.70. The van der Waals surface area contributed by atoms with Crippen LogP contribution < -0.4 is 5.48 Å². The summed E-state index contributed by atoms with van der Waals surface area (Å²) < 4.78 is 0. The zero-order chi connectivity index (χ0) is 11.6. The van der Waals surface area contributed by atoms with Crippen LogP contribution in [0.15, 0.2) is 30.3 Å². The first-order valence-corrected chi connectivity index (χ1v) is 5.27. The molecule has 1 aromatic carbocycles. The molecule has 0 atom stereocenters. The van der Waals surface area contributed by atoms with Crippen LogP contribution in [0.5, 0.6) is 0 Å². The molecule has 4 heteroatoms. The van der Waals surface area contributed by atoms with Crippen LogP contribution in [0.4, 0.5) is 0 Å².